The van der Waals surface area contributed by atoms with Crippen molar-refractivity contribution in [3.8, 4) is 0 Å². The molecule has 0 spiro atoms. The van der Waals surface area contributed by atoms with Crippen molar-refractivity contribution in [2.45, 2.75) is 13.5 Å². The first-order chi connectivity index (χ1) is 8.26. The lowest BCUT2D eigenvalue weighted by molar-refractivity contribution is 0.820. The smallest absolute Gasteiger partial charge is 0.129 e. The minimum absolute atomic E-state index is 0.869. The summed E-state index contributed by atoms with van der Waals surface area (Å²) < 4.78 is 0. The molecule has 0 atom stereocenters. The minimum atomic E-state index is 0.869. The van der Waals surface area contributed by atoms with Crippen LogP contribution in [0, 0.1) is 0 Å². The fraction of sp³-hybridized carbons (Fsp3) is 0.357. The molecule has 2 aromatic rings. The highest BCUT2D eigenvalue weighted by Gasteiger charge is 2.07. The zero-order chi connectivity index (χ0) is 12.3. The first kappa shape index (κ1) is 11.9. The number of hydrogen-bond donors (Lipinski definition) is 1. The van der Waals surface area contributed by atoms with Crippen LogP contribution in [0.4, 0.5) is 5.82 Å². The van der Waals surface area contributed by atoms with Crippen LogP contribution in [0.3, 0.4) is 0 Å². The maximum atomic E-state index is 4.69. The summed E-state index contributed by atoms with van der Waals surface area (Å²) in [7, 11) is 4.04. The van der Waals surface area contributed by atoms with Gasteiger partial charge in [0, 0.05) is 25.5 Å². The molecule has 1 heterocycles. The molecular weight excluding hydrogens is 210 g/mol. The van der Waals surface area contributed by atoms with E-state index in [9.17, 15) is 0 Å². The Morgan fingerprint density at radius 1 is 1.29 bits per heavy atom. The van der Waals surface area contributed by atoms with Crippen LogP contribution < -0.4 is 10.2 Å². The SMILES string of the molecule is CCN(C)c1cc(CNC)c2ccccc2n1. The van der Waals surface area contributed by atoms with Crippen molar-refractivity contribution in [2.24, 2.45) is 0 Å². The monoisotopic (exact) mass is 229 g/mol. The Morgan fingerprint density at radius 3 is 2.76 bits per heavy atom. The number of aromatic nitrogens is 1. The van der Waals surface area contributed by atoms with E-state index in [0.29, 0.717) is 0 Å². The molecule has 0 bridgehead atoms. The number of para-hydroxylation sites is 1. The van der Waals surface area contributed by atoms with E-state index in [4.69, 9.17) is 0 Å². The summed E-state index contributed by atoms with van der Waals surface area (Å²) in [6, 6.07) is 10.5. The van der Waals surface area contributed by atoms with Gasteiger partial charge in [-0.2, -0.15) is 0 Å². The molecule has 0 fully saturated rings. The first-order valence-corrected chi connectivity index (χ1v) is 6.00. The highest BCUT2D eigenvalue weighted by Crippen LogP contribution is 2.22. The van der Waals surface area contributed by atoms with E-state index < -0.39 is 0 Å². The second-order valence-electron chi connectivity index (χ2n) is 4.20. The Labute approximate surface area is 102 Å². The zero-order valence-corrected chi connectivity index (χ0v) is 10.7. The van der Waals surface area contributed by atoms with Gasteiger partial charge in [0.25, 0.3) is 0 Å². The lowest BCUT2D eigenvalue weighted by atomic mass is 10.1. The van der Waals surface area contributed by atoms with E-state index in [1.165, 1.54) is 10.9 Å². The standard InChI is InChI=1S/C14H19N3/c1-4-17(3)14-9-11(10-15-2)12-7-5-6-8-13(12)16-14/h5-9,15H,4,10H2,1-3H3. The number of nitrogens with one attached hydrogen (secondary N) is 1. The summed E-state index contributed by atoms with van der Waals surface area (Å²) >= 11 is 0. The van der Waals surface area contributed by atoms with E-state index in [0.717, 1.165) is 24.4 Å². The van der Waals surface area contributed by atoms with Crippen LogP contribution in [0.25, 0.3) is 10.9 Å². The second kappa shape index (κ2) is 5.15. The van der Waals surface area contributed by atoms with Crippen molar-refractivity contribution in [3.63, 3.8) is 0 Å². The second-order valence-corrected chi connectivity index (χ2v) is 4.20. The molecule has 1 aromatic carbocycles. The van der Waals surface area contributed by atoms with Gasteiger partial charge in [0.2, 0.25) is 0 Å². The van der Waals surface area contributed by atoms with Crippen LogP contribution in [0.5, 0.6) is 0 Å². The fourth-order valence-corrected chi connectivity index (χ4v) is 1.93. The van der Waals surface area contributed by atoms with Crippen LogP contribution in [-0.2, 0) is 6.54 Å². The summed E-state index contributed by atoms with van der Waals surface area (Å²) in [5.74, 6) is 1.04. The van der Waals surface area contributed by atoms with Gasteiger partial charge in [-0.3, -0.25) is 0 Å². The molecule has 17 heavy (non-hydrogen) atoms. The van der Waals surface area contributed by atoms with E-state index in [1.54, 1.807) is 0 Å². The van der Waals surface area contributed by atoms with Crippen LogP contribution in [0.1, 0.15) is 12.5 Å². The molecule has 0 saturated carbocycles. The molecule has 0 aliphatic rings. The number of anilines is 1. The first-order valence-electron chi connectivity index (χ1n) is 6.00. The third-order valence-corrected chi connectivity index (χ3v) is 3.02. The summed E-state index contributed by atoms with van der Waals surface area (Å²) in [5.41, 5.74) is 2.36. The number of pyridine rings is 1. The third-order valence-electron chi connectivity index (χ3n) is 3.02. The van der Waals surface area contributed by atoms with Gasteiger partial charge in [-0.1, -0.05) is 18.2 Å². The molecule has 2 rings (SSSR count). The average Bonchev–Trinajstić information content (AvgIpc) is 2.38. The summed E-state index contributed by atoms with van der Waals surface area (Å²) in [4.78, 5) is 6.85. The average molecular weight is 229 g/mol. The van der Waals surface area contributed by atoms with Crippen LogP contribution in [0.15, 0.2) is 30.3 Å². The number of rotatable bonds is 4. The van der Waals surface area contributed by atoms with E-state index in [2.05, 4.69) is 53.4 Å². The molecule has 0 aliphatic heterocycles. The normalized spacial score (nSPS) is 10.8. The van der Waals surface area contributed by atoms with Crippen molar-refractivity contribution in [2.75, 3.05) is 25.5 Å². The highest BCUT2D eigenvalue weighted by atomic mass is 15.2. The summed E-state index contributed by atoms with van der Waals surface area (Å²) in [5, 5.41) is 4.45. The molecule has 1 N–H and O–H groups in total. The Morgan fingerprint density at radius 2 is 2.06 bits per heavy atom. The van der Waals surface area contributed by atoms with Crippen molar-refractivity contribution in [1.82, 2.24) is 10.3 Å². The minimum Gasteiger partial charge on any atom is -0.360 e. The van der Waals surface area contributed by atoms with Crippen molar-refractivity contribution >= 4 is 16.7 Å². The third kappa shape index (κ3) is 2.39. The van der Waals surface area contributed by atoms with Gasteiger partial charge in [0.1, 0.15) is 5.82 Å². The van der Waals surface area contributed by atoms with Gasteiger partial charge in [-0.05, 0) is 31.7 Å². The predicted molar refractivity (Wildman–Crippen MR) is 73.5 cm³/mol. The topological polar surface area (TPSA) is 28.2 Å². The van der Waals surface area contributed by atoms with Gasteiger partial charge in [-0.25, -0.2) is 4.98 Å². The maximum Gasteiger partial charge on any atom is 0.129 e. The maximum absolute atomic E-state index is 4.69. The molecule has 0 saturated heterocycles. The number of nitrogens with zero attached hydrogens (tertiary/aromatic N) is 2. The molecule has 1 aromatic heterocycles. The largest absolute Gasteiger partial charge is 0.360 e. The molecule has 3 heteroatoms. The molecule has 0 aliphatic carbocycles. The quantitative estimate of drug-likeness (QED) is 0.872. The van der Waals surface area contributed by atoms with Gasteiger partial charge in [-0.15, -0.1) is 0 Å². The number of hydrogen-bond acceptors (Lipinski definition) is 3. The Hall–Kier alpha value is -1.61. The lowest BCUT2D eigenvalue weighted by Crippen LogP contribution is -2.18. The molecule has 90 valence electrons. The lowest BCUT2D eigenvalue weighted by Gasteiger charge is -2.18. The zero-order valence-electron chi connectivity index (χ0n) is 10.7. The molecule has 0 amide bonds. The summed E-state index contributed by atoms with van der Waals surface area (Å²) in [6.07, 6.45) is 0. The molecular formula is C14H19N3. The molecule has 0 radical (unpaired) electrons. The van der Waals surface area contributed by atoms with Crippen molar-refractivity contribution in [1.29, 1.82) is 0 Å². The van der Waals surface area contributed by atoms with E-state index in [1.807, 2.05) is 13.1 Å². The van der Waals surface area contributed by atoms with Crippen LogP contribution in [-0.4, -0.2) is 25.6 Å². The van der Waals surface area contributed by atoms with Gasteiger partial charge < -0.3 is 10.2 Å². The molecule has 3 nitrogen and oxygen atoms in total. The van der Waals surface area contributed by atoms with Gasteiger partial charge in [0.05, 0.1) is 5.52 Å². The Kier molecular flexibility index (Phi) is 3.59. The Balaban J connectivity index is 2.58. The van der Waals surface area contributed by atoms with Gasteiger partial charge >= 0.3 is 0 Å². The Bertz CT molecular complexity index is 508. The summed E-state index contributed by atoms with van der Waals surface area (Å²) in [6.45, 7) is 3.96. The fourth-order valence-electron chi connectivity index (χ4n) is 1.93. The van der Waals surface area contributed by atoms with Crippen LogP contribution in [0.2, 0.25) is 0 Å². The highest BCUT2D eigenvalue weighted by molar-refractivity contribution is 5.84. The molecule has 0 unspecified atom stereocenters. The number of fused-ring (bicyclic) bond motifs is 1. The predicted octanol–water partition coefficient (Wildman–Crippen LogP) is 2.41. The van der Waals surface area contributed by atoms with Gasteiger partial charge in [0.15, 0.2) is 0 Å². The van der Waals surface area contributed by atoms with E-state index >= 15 is 0 Å². The van der Waals surface area contributed by atoms with Crippen molar-refractivity contribution in [3.05, 3.63) is 35.9 Å². The van der Waals surface area contributed by atoms with Crippen LogP contribution >= 0.6 is 0 Å². The number of benzene rings is 1. The van der Waals surface area contributed by atoms with E-state index in [-0.39, 0.29) is 0 Å². The van der Waals surface area contributed by atoms with Crippen molar-refractivity contribution < 1.29 is 0 Å².